The molecule has 7 nitrogen and oxygen atoms in total. The number of amides is 1. The first-order valence-electron chi connectivity index (χ1n) is 9.35. The summed E-state index contributed by atoms with van der Waals surface area (Å²) in [5, 5.41) is 0. The SMILES string of the molecule is CCOC(=O)COc1ccc(/C=C2/SC(=S)N(c3ccc(OC)cc3)C2=O)cc1OC. The van der Waals surface area contributed by atoms with E-state index < -0.39 is 5.97 Å². The first-order valence-corrected chi connectivity index (χ1v) is 10.6. The Morgan fingerprint density at radius 3 is 2.48 bits per heavy atom. The van der Waals surface area contributed by atoms with Crippen molar-refractivity contribution >= 4 is 51.9 Å². The van der Waals surface area contributed by atoms with E-state index in [1.54, 1.807) is 62.6 Å². The first kappa shape index (κ1) is 22.6. The maximum absolute atomic E-state index is 12.9. The topological polar surface area (TPSA) is 74.3 Å². The summed E-state index contributed by atoms with van der Waals surface area (Å²) in [6.45, 7) is 1.79. The number of thioether (sulfide) groups is 1. The van der Waals surface area contributed by atoms with E-state index in [4.69, 9.17) is 31.2 Å². The molecule has 0 spiro atoms. The summed E-state index contributed by atoms with van der Waals surface area (Å²) in [4.78, 5) is 26.4. The van der Waals surface area contributed by atoms with E-state index in [-0.39, 0.29) is 19.1 Å². The van der Waals surface area contributed by atoms with Crippen LogP contribution >= 0.6 is 24.0 Å². The summed E-state index contributed by atoms with van der Waals surface area (Å²) in [7, 11) is 3.08. The molecule has 9 heteroatoms. The van der Waals surface area contributed by atoms with Crippen molar-refractivity contribution in [2.24, 2.45) is 0 Å². The number of methoxy groups -OCH3 is 2. The van der Waals surface area contributed by atoms with Crippen LogP contribution in [0.3, 0.4) is 0 Å². The molecule has 1 amide bonds. The first-order chi connectivity index (χ1) is 15.0. The maximum Gasteiger partial charge on any atom is 0.344 e. The van der Waals surface area contributed by atoms with Crippen molar-refractivity contribution in [3.05, 3.63) is 52.9 Å². The van der Waals surface area contributed by atoms with Crippen LogP contribution in [0.15, 0.2) is 47.4 Å². The quantitative estimate of drug-likeness (QED) is 0.333. The Morgan fingerprint density at radius 2 is 1.84 bits per heavy atom. The molecule has 0 saturated carbocycles. The highest BCUT2D eigenvalue weighted by atomic mass is 32.2. The van der Waals surface area contributed by atoms with Crippen LogP contribution in [-0.2, 0) is 14.3 Å². The van der Waals surface area contributed by atoms with E-state index in [1.807, 2.05) is 0 Å². The minimum Gasteiger partial charge on any atom is -0.497 e. The summed E-state index contributed by atoms with van der Waals surface area (Å²) in [6, 6.07) is 12.3. The number of hydrogen-bond acceptors (Lipinski definition) is 8. The second-order valence-corrected chi connectivity index (χ2v) is 7.89. The number of rotatable bonds is 8. The van der Waals surface area contributed by atoms with Crippen LogP contribution in [0.1, 0.15) is 12.5 Å². The van der Waals surface area contributed by atoms with Crippen molar-refractivity contribution in [1.29, 1.82) is 0 Å². The number of ether oxygens (including phenoxy) is 4. The lowest BCUT2D eigenvalue weighted by molar-refractivity contribution is -0.145. The molecule has 0 aliphatic carbocycles. The van der Waals surface area contributed by atoms with Gasteiger partial charge in [0.05, 0.1) is 31.4 Å². The molecular weight excluding hydrogens is 438 g/mol. The highest BCUT2D eigenvalue weighted by Gasteiger charge is 2.33. The Balaban J connectivity index is 1.78. The zero-order valence-corrected chi connectivity index (χ0v) is 18.9. The van der Waals surface area contributed by atoms with Crippen molar-refractivity contribution in [3.8, 4) is 17.2 Å². The van der Waals surface area contributed by atoms with Crippen molar-refractivity contribution in [3.63, 3.8) is 0 Å². The number of thiocarbonyl (C=S) groups is 1. The Hall–Kier alpha value is -3.04. The fourth-order valence-electron chi connectivity index (χ4n) is 2.81. The molecule has 1 aliphatic heterocycles. The largest absolute Gasteiger partial charge is 0.497 e. The van der Waals surface area contributed by atoms with Crippen LogP contribution in [0.25, 0.3) is 6.08 Å². The maximum atomic E-state index is 12.9. The average Bonchev–Trinajstić information content (AvgIpc) is 3.05. The number of carbonyl (C=O) groups excluding carboxylic acids is 2. The normalized spacial score (nSPS) is 14.7. The Bertz CT molecular complexity index is 1020. The van der Waals surface area contributed by atoms with Gasteiger partial charge in [0.25, 0.3) is 5.91 Å². The zero-order chi connectivity index (χ0) is 22.4. The fourth-order valence-corrected chi connectivity index (χ4v) is 4.10. The van der Waals surface area contributed by atoms with Gasteiger partial charge in [0.2, 0.25) is 0 Å². The summed E-state index contributed by atoms with van der Waals surface area (Å²) in [6.07, 6.45) is 1.74. The second kappa shape index (κ2) is 10.3. The van der Waals surface area contributed by atoms with E-state index in [0.29, 0.717) is 32.2 Å². The van der Waals surface area contributed by atoms with Gasteiger partial charge in [-0.25, -0.2) is 4.79 Å². The van der Waals surface area contributed by atoms with Gasteiger partial charge in [0.15, 0.2) is 22.4 Å². The summed E-state index contributed by atoms with van der Waals surface area (Å²) in [5.41, 5.74) is 1.41. The molecule has 1 saturated heterocycles. The number of carbonyl (C=O) groups is 2. The highest BCUT2D eigenvalue weighted by Crippen LogP contribution is 2.37. The predicted molar refractivity (Wildman–Crippen MR) is 124 cm³/mol. The second-order valence-electron chi connectivity index (χ2n) is 6.22. The van der Waals surface area contributed by atoms with Gasteiger partial charge in [0.1, 0.15) is 5.75 Å². The third-order valence-corrected chi connectivity index (χ3v) is 5.56. The molecule has 31 heavy (non-hydrogen) atoms. The fraction of sp³-hybridized carbons (Fsp3) is 0.227. The standard InChI is InChI=1S/C22H21NO6S2/c1-4-28-20(24)13-29-17-10-5-14(11-18(17)27-3)12-19-21(25)23(22(30)31-19)15-6-8-16(26-2)9-7-15/h5-12H,4,13H2,1-3H3/b19-12+. The zero-order valence-electron chi connectivity index (χ0n) is 17.2. The third-order valence-electron chi connectivity index (χ3n) is 4.26. The Kier molecular flexibility index (Phi) is 7.54. The molecule has 0 atom stereocenters. The molecule has 1 fully saturated rings. The molecule has 0 aromatic heterocycles. The van der Waals surface area contributed by atoms with Crippen molar-refractivity contribution < 1.29 is 28.5 Å². The minimum atomic E-state index is -0.462. The van der Waals surface area contributed by atoms with Crippen LogP contribution in [0.4, 0.5) is 5.69 Å². The smallest absolute Gasteiger partial charge is 0.344 e. The van der Waals surface area contributed by atoms with Gasteiger partial charge < -0.3 is 18.9 Å². The van der Waals surface area contributed by atoms with E-state index >= 15 is 0 Å². The third kappa shape index (κ3) is 5.36. The Labute approximate surface area is 189 Å². The lowest BCUT2D eigenvalue weighted by Crippen LogP contribution is -2.27. The van der Waals surface area contributed by atoms with E-state index in [1.165, 1.54) is 23.8 Å². The van der Waals surface area contributed by atoms with Gasteiger partial charge in [-0.3, -0.25) is 9.69 Å². The van der Waals surface area contributed by atoms with Gasteiger partial charge in [-0.1, -0.05) is 30.0 Å². The lowest BCUT2D eigenvalue weighted by atomic mass is 10.2. The summed E-state index contributed by atoms with van der Waals surface area (Å²) in [5.74, 6) is 0.863. The molecular formula is C22H21NO6S2. The van der Waals surface area contributed by atoms with Crippen LogP contribution in [0, 0.1) is 0 Å². The van der Waals surface area contributed by atoms with Gasteiger partial charge >= 0.3 is 5.97 Å². The molecule has 2 aromatic rings. The molecule has 2 aromatic carbocycles. The number of hydrogen-bond donors (Lipinski definition) is 0. The molecule has 3 rings (SSSR count). The molecule has 0 radical (unpaired) electrons. The number of anilines is 1. The van der Waals surface area contributed by atoms with Gasteiger partial charge in [-0.15, -0.1) is 0 Å². The van der Waals surface area contributed by atoms with Crippen molar-refractivity contribution in [2.75, 3.05) is 32.3 Å². The van der Waals surface area contributed by atoms with E-state index in [9.17, 15) is 9.59 Å². The van der Waals surface area contributed by atoms with Crippen molar-refractivity contribution in [2.45, 2.75) is 6.92 Å². The van der Waals surface area contributed by atoms with Crippen LogP contribution in [0.2, 0.25) is 0 Å². The van der Waals surface area contributed by atoms with Gasteiger partial charge in [-0.2, -0.15) is 0 Å². The highest BCUT2D eigenvalue weighted by molar-refractivity contribution is 8.27. The van der Waals surface area contributed by atoms with Crippen LogP contribution < -0.4 is 19.1 Å². The van der Waals surface area contributed by atoms with E-state index in [0.717, 1.165) is 5.56 Å². The minimum absolute atomic E-state index is 0.207. The molecule has 0 unspecified atom stereocenters. The van der Waals surface area contributed by atoms with Gasteiger partial charge in [0, 0.05) is 0 Å². The number of esters is 1. The molecule has 1 heterocycles. The lowest BCUT2D eigenvalue weighted by Gasteiger charge is -2.14. The van der Waals surface area contributed by atoms with E-state index in [2.05, 4.69) is 0 Å². The molecule has 0 N–H and O–H groups in total. The van der Waals surface area contributed by atoms with Crippen LogP contribution in [-0.4, -0.2) is 43.6 Å². The van der Waals surface area contributed by atoms with Crippen molar-refractivity contribution in [1.82, 2.24) is 0 Å². The monoisotopic (exact) mass is 459 g/mol. The van der Waals surface area contributed by atoms with Crippen LogP contribution in [0.5, 0.6) is 17.2 Å². The Morgan fingerprint density at radius 1 is 1.10 bits per heavy atom. The number of nitrogens with zero attached hydrogens (tertiary/aromatic N) is 1. The van der Waals surface area contributed by atoms with Gasteiger partial charge in [-0.05, 0) is 55.0 Å². The molecule has 0 bridgehead atoms. The summed E-state index contributed by atoms with van der Waals surface area (Å²) < 4.78 is 21.3. The average molecular weight is 460 g/mol. The molecule has 162 valence electrons. The number of benzene rings is 2. The predicted octanol–water partition coefficient (Wildman–Crippen LogP) is 4.05. The molecule has 1 aliphatic rings. The summed E-state index contributed by atoms with van der Waals surface area (Å²) >= 11 is 6.63.